The monoisotopic (exact) mass is 361 g/mol. The van der Waals surface area contributed by atoms with E-state index in [4.69, 9.17) is 5.11 Å². The van der Waals surface area contributed by atoms with Gasteiger partial charge in [0.05, 0.1) is 0 Å². The average Bonchev–Trinajstić information content (AvgIpc) is 2.26. The first-order valence-electron chi connectivity index (χ1n) is 5.96. The summed E-state index contributed by atoms with van der Waals surface area (Å²) in [5.74, 6) is -2.24. The van der Waals surface area contributed by atoms with Gasteiger partial charge in [0.25, 0.3) is 0 Å². The first kappa shape index (κ1) is 16.8. The minimum atomic E-state index is -1.75. The van der Waals surface area contributed by atoms with E-state index in [1.165, 1.54) is 0 Å². The first-order chi connectivity index (χ1) is 9.31. The zero-order valence-corrected chi connectivity index (χ0v) is 13.5. The molecule has 0 aromatic heterocycles. The quantitative estimate of drug-likeness (QED) is 0.813. The molecule has 7 heteroatoms. The molecule has 1 aromatic carbocycles. The highest BCUT2D eigenvalue weighted by molar-refractivity contribution is 9.10. The molecule has 110 valence electrons. The number of hydrogen-bond donors (Lipinski definition) is 2. The van der Waals surface area contributed by atoms with E-state index in [9.17, 15) is 13.8 Å². The van der Waals surface area contributed by atoms with Crippen LogP contribution >= 0.6 is 15.9 Å². The fraction of sp³-hybridized carbons (Fsp3) is 0.385. The van der Waals surface area contributed by atoms with Crippen LogP contribution in [-0.4, -0.2) is 32.2 Å². The van der Waals surface area contributed by atoms with Crippen molar-refractivity contribution in [2.45, 2.75) is 19.1 Å². The Balaban J connectivity index is 2.66. The van der Waals surface area contributed by atoms with Crippen LogP contribution in [0, 0.1) is 5.92 Å². The van der Waals surface area contributed by atoms with E-state index in [0.717, 1.165) is 4.47 Å². The molecule has 1 amide bonds. The normalized spacial score (nSPS) is 13.8. The summed E-state index contributed by atoms with van der Waals surface area (Å²) < 4.78 is 12.8. The molecule has 0 radical (unpaired) electrons. The van der Waals surface area contributed by atoms with Gasteiger partial charge in [0.15, 0.2) is 0 Å². The summed E-state index contributed by atoms with van der Waals surface area (Å²) in [5.41, 5.74) is 0.567. The molecular formula is C13H16BrNO4S. The maximum Gasteiger partial charge on any atom is 0.319 e. The Morgan fingerprint density at radius 3 is 2.55 bits per heavy atom. The molecule has 2 atom stereocenters. The highest BCUT2D eigenvalue weighted by Gasteiger charge is 2.29. The number of rotatable bonds is 6. The van der Waals surface area contributed by atoms with Gasteiger partial charge in [0.2, 0.25) is 5.91 Å². The smallest absolute Gasteiger partial charge is 0.319 e. The average molecular weight is 362 g/mol. The number of carbonyl (C=O) groups excluding carboxylic acids is 1. The van der Waals surface area contributed by atoms with Gasteiger partial charge in [-0.1, -0.05) is 35.8 Å². The zero-order chi connectivity index (χ0) is 15.3. The lowest BCUT2D eigenvalue weighted by Gasteiger charge is -2.15. The fourth-order valence-electron chi connectivity index (χ4n) is 1.68. The predicted octanol–water partition coefficient (Wildman–Crippen LogP) is 2.25. The summed E-state index contributed by atoms with van der Waals surface area (Å²) in [6.07, 6.45) is 0. The third kappa shape index (κ3) is 5.05. The lowest BCUT2D eigenvalue weighted by atomic mass is 10.1. The van der Waals surface area contributed by atoms with E-state index in [0.29, 0.717) is 5.69 Å². The van der Waals surface area contributed by atoms with E-state index in [1.54, 1.807) is 32.0 Å². The summed E-state index contributed by atoms with van der Waals surface area (Å²) in [6.45, 7) is 3.34. The summed E-state index contributed by atoms with van der Waals surface area (Å²) in [4.78, 5) is 22.8. The van der Waals surface area contributed by atoms with Crippen LogP contribution in [-0.2, 0) is 20.4 Å². The molecule has 2 N–H and O–H groups in total. The molecular weight excluding hydrogens is 346 g/mol. The van der Waals surface area contributed by atoms with E-state index < -0.39 is 27.9 Å². The molecule has 0 aliphatic heterocycles. The fourth-order valence-corrected chi connectivity index (χ4v) is 3.42. The topological polar surface area (TPSA) is 83.5 Å². The number of amides is 1. The van der Waals surface area contributed by atoms with Crippen molar-refractivity contribution in [2.75, 3.05) is 11.1 Å². The number of aliphatic carboxylic acids is 1. The molecule has 0 fully saturated rings. The van der Waals surface area contributed by atoms with Crippen molar-refractivity contribution in [2.24, 2.45) is 5.92 Å². The Kier molecular flexibility index (Phi) is 6.35. The number of nitrogens with one attached hydrogen (secondary N) is 1. The van der Waals surface area contributed by atoms with Gasteiger partial charge in [-0.25, -0.2) is 0 Å². The molecule has 0 saturated carbocycles. The van der Waals surface area contributed by atoms with E-state index in [1.807, 2.05) is 6.07 Å². The Labute approximate surface area is 128 Å². The van der Waals surface area contributed by atoms with Gasteiger partial charge >= 0.3 is 5.97 Å². The van der Waals surface area contributed by atoms with Gasteiger partial charge in [-0.3, -0.25) is 13.8 Å². The lowest BCUT2D eigenvalue weighted by molar-refractivity contribution is -0.137. The van der Waals surface area contributed by atoms with Crippen LogP contribution in [0.15, 0.2) is 28.7 Å². The minimum Gasteiger partial charge on any atom is -0.480 e. The number of benzene rings is 1. The van der Waals surface area contributed by atoms with E-state index >= 15 is 0 Å². The summed E-state index contributed by atoms with van der Waals surface area (Å²) in [5, 5.41) is 10.6. The van der Waals surface area contributed by atoms with Crippen molar-refractivity contribution in [1.29, 1.82) is 0 Å². The molecule has 0 spiro atoms. The summed E-state index contributed by atoms with van der Waals surface area (Å²) in [6, 6.07) is 6.97. The zero-order valence-electron chi connectivity index (χ0n) is 11.1. The van der Waals surface area contributed by atoms with Crippen molar-refractivity contribution in [3.05, 3.63) is 28.7 Å². The minimum absolute atomic E-state index is 0.299. The molecule has 0 saturated heterocycles. The summed E-state index contributed by atoms with van der Waals surface area (Å²) >= 11 is 3.28. The van der Waals surface area contributed by atoms with E-state index in [2.05, 4.69) is 21.2 Å². The van der Waals surface area contributed by atoms with Crippen LogP contribution < -0.4 is 5.32 Å². The van der Waals surface area contributed by atoms with Crippen LogP contribution in [0.2, 0.25) is 0 Å². The number of halogens is 1. The Bertz CT molecular complexity index is 533. The highest BCUT2D eigenvalue weighted by Crippen LogP contribution is 2.16. The largest absolute Gasteiger partial charge is 0.480 e. The van der Waals surface area contributed by atoms with Crippen molar-refractivity contribution in [3.63, 3.8) is 0 Å². The molecule has 0 aliphatic carbocycles. The van der Waals surface area contributed by atoms with Crippen molar-refractivity contribution >= 4 is 44.3 Å². The number of carboxylic acid groups (broad SMARTS) is 1. The molecule has 0 bridgehead atoms. The SMILES string of the molecule is CC(C)C(C(=O)O)S(=O)CC(=O)Nc1cccc(Br)c1. The van der Waals surface area contributed by atoms with Gasteiger partial charge in [-0.05, 0) is 24.1 Å². The lowest BCUT2D eigenvalue weighted by Crippen LogP contribution is -2.35. The molecule has 1 rings (SSSR count). The summed E-state index contributed by atoms with van der Waals surface area (Å²) in [7, 11) is -1.75. The van der Waals surface area contributed by atoms with Crippen LogP contribution in [0.5, 0.6) is 0 Å². The van der Waals surface area contributed by atoms with Crippen LogP contribution in [0.1, 0.15) is 13.8 Å². The molecule has 20 heavy (non-hydrogen) atoms. The molecule has 2 unspecified atom stereocenters. The second kappa shape index (κ2) is 7.54. The molecule has 5 nitrogen and oxygen atoms in total. The van der Waals surface area contributed by atoms with Gasteiger partial charge in [-0.2, -0.15) is 0 Å². The first-order valence-corrected chi connectivity index (χ1v) is 8.14. The maximum absolute atomic E-state index is 12.0. The Hall–Kier alpha value is -1.21. The van der Waals surface area contributed by atoms with Gasteiger partial charge in [0, 0.05) is 21.0 Å². The second-order valence-electron chi connectivity index (χ2n) is 4.59. The number of anilines is 1. The van der Waals surface area contributed by atoms with Crippen LogP contribution in [0.3, 0.4) is 0 Å². The molecule has 0 heterocycles. The third-order valence-electron chi connectivity index (χ3n) is 2.51. The van der Waals surface area contributed by atoms with Crippen molar-refractivity contribution in [3.8, 4) is 0 Å². The van der Waals surface area contributed by atoms with E-state index in [-0.39, 0.29) is 11.7 Å². The van der Waals surface area contributed by atoms with Gasteiger partial charge < -0.3 is 10.4 Å². The van der Waals surface area contributed by atoms with Crippen LogP contribution in [0.4, 0.5) is 5.69 Å². The van der Waals surface area contributed by atoms with Gasteiger partial charge in [-0.15, -0.1) is 0 Å². The Morgan fingerprint density at radius 1 is 1.40 bits per heavy atom. The number of carboxylic acids is 1. The third-order valence-corrected chi connectivity index (χ3v) is 4.87. The molecule has 1 aromatic rings. The molecule has 0 aliphatic rings. The van der Waals surface area contributed by atoms with Crippen LogP contribution in [0.25, 0.3) is 0 Å². The predicted molar refractivity (Wildman–Crippen MR) is 82.0 cm³/mol. The van der Waals surface area contributed by atoms with Crippen molar-refractivity contribution < 1.29 is 18.9 Å². The Morgan fingerprint density at radius 2 is 2.05 bits per heavy atom. The number of hydrogen-bond acceptors (Lipinski definition) is 3. The standard InChI is InChI=1S/C13H16BrNO4S/c1-8(2)12(13(17)18)20(19)7-11(16)15-10-5-3-4-9(14)6-10/h3-6,8,12H,7H2,1-2H3,(H,15,16)(H,17,18). The van der Waals surface area contributed by atoms with Crippen molar-refractivity contribution in [1.82, 2.24) is 0 Å². The highest BCUT2D eigenvalue weighted by atomic mass is 79.9. The van der Waals surface area contributed by atoms with Gasteiger partial charge in [0.1, 0.15) is 11.0 Å². The second-order valence-corrected chi connectivity index (χ2v) is 7.06. The number of carbonyl (C=O) groups is 2. The maximum atomic E-state index is 12.0.